The van der Waals surface area contributed by atoms with Crippen LogP contribution in [0.2, 0.25) is 0 Å². The number of hydrogen-bond donors (Lipinski definition) is 0. The van der Waals surface area contributed by atoms with Gasteiger partial charge in [-0.2, -0.15) is 0 Å². The first kappa shape index (κ1) is 12.5. The number of benzene rings is 1. The minimum Gasteiger partial charge on any atom is -0.497 e. The summed E-state index contributed by atoms with van der Waals surface area (Å²) in [6.45, 7) is 4.92. The number of ether oxygens (including phenoxy) is 2. The van der Waals surface area contributed by atoms with Crippen molar-refractivity contribution in [2.45, 2.75) is 6.61 Å². The van der Waals surface area contributed by atoms with Gasteiger partial charge in [-0.1, -0.05) is 18.7 Å². The van der Waals surface area contributed by atoms with Crippen molar-refractivity contribution in [3.8, 4) is 5.75 Å². The Hall–Kier alpha value is -2.00. The molecule has 1 aromatic heterocycles. The summed E-state index contributed by atoms with van der Waals surface area (Å²) in [6, 6.07) is 11.5. The molecular weight excluding hydrogens is 228 g/mol. The molecule has 3 nitrogen and oxygen atoms in total. The molecule has 2 aromatic rings. The van der Waals surface area contributed by atoms with Crippen molar-refractivity contribution >= 4 is 5.57 Å². The average Bonchev–Trinajstić information content (AvgIpc) is 2.93. The zero-order valence-electron chi connectivity index (χ0n) is 10.4. The maximum Gasteiger partial charge on any atom is 0.131 e. The zero-order valence-corrected chi connectivity index (χ0v) is 10.4. The summed E-state index contributed by atoms with van der Waals surface area (Å²) in [4.78, 5) is 0. The summed E-state index contributed by atoms with van der Waals surface area (Å²) in [6.07, 6.45) is 1.63. The van der Waals surface area contributed by atoms with Crippen LogP contribution < -0.4 is 4.74 Å². The van der Waals surface area contributed by atoms with Gasteiger partial charge in [-0.3, -0.25) is 0 Å². The van der Waals surface area contributed by atoms with Crippen molar-refractivity contribution in [2.75, 3.05) is 13.7 Å². The van der Waals surface area contributed by atoms with E-state index >= 15 is 0 Å². The predicted molar refractivity (Wildman–Crippen MR) is 70.4 cm³/mol. The van der Waals surface area contributed by atoms with Crippen LogP contribution in [0.25, 0.3) is 5.57 Å². The molecule has 0 aliphatic heterocycles. The Kier molecular flexibility index (Phi) is 4.20. The van der Waals surface area contributed by atoms with Crippen LogP contribution in [0.4, 0.5) is 0 Å². The highest BCUT2D eigenvalue weighted by atomic mass is 16.5. The first-order valence-corrected chi connectivity index (χ1v) is 5.72. The fraction of sp³-hybridized carbons (Fsp3) is 0.200. The standard InChI is InChI=1S/C15H16O3/c1-12(15-4-3-9-18-15)10-17-11-13-5-7-14(16-2)8-6-13/h3-9H,1,10-11H2,2H3. The second-order valence-electron chi connectivity index (χ2n) is 3.92. The van der Waals surface area contributed by atoms with E-state index in [0.717, 1.165) is 22.6 Å². The lowest BCUT2D eigenvalue weighted by molar-refractivity contribution is 0.152. The topological polar surface area (TPSA) is 31.6 Å². The molecule has 18 heavy (non-hydrogen) atoms. The Bertz CT molecular complexity index is 483. The van der Waals surface area contributed by atoms with Gasteiger partial charge in [0, 0.05) is 5.57 Å². The van der Waals surface area contributed by atoms with Gasteiger partial charge in [0.25, 0.3) is 0 Å². The molecule has 0 radical (unpaired) electrons. The van der Waals surface area contributed by atoms with Crippen molar-refractivity contribution in [1.29, 1.82) is 0 Å². The van der Waals surface area contributed by atoms with Crippen molar-refractivity contribution in [1.82, 2.24) is 0 Å². The smallest absolute Gasteiger partial charge is 0.131 e. The Morgan fingerprint density at radius 2 is 2.00 bits per heavy atom. The van der Waals surface area contributed by atoms with E-state index in [1.807, 2.05) is 36.4 Å². The van der Waals surface area contributed by atoms with Crippen LogP contribution in [-0.4, -0.2) is 13.7 Å². The minimum atomic E-state index is 0.458. The number of rotatable bonds is 6. The van der Waals surface area contributed by atoms with Crippen LogP contribution >= 0.6 is 0 Å². The van der Waals surface area contributed by atoms with Gasteiger partial charge in [0.15, 0.2) is 0 Å². The Balaban J connectivity index is 1.79. The third kappa shape index (κ3) is 3.25. The molecular formula is C15H16O3. The van der Waals surface area contributed by atoms with Gasteiger partial charge >= 0.3 is 0 Å². The number of furan rings is 1. The molecule has 2 rings (SSSR count). The molecule has 94 valence electrons. The van der Waals surface area contributed by atoms with Crippen LogP contribution in [0.15, 0.2) is 53.7 Å². The second-order valence-corrected chi connectivity index (χ2v) is 3.92. The molecule has 0 unspecified atom stereocenters. The highest BCUT2D eigenvalue weighted by Gasteiger charge is 2.02. The van der Waals surface area contributed by atoms with Gasteiger partial charge < -0.3 is 13.9 Å². The van der Waals surface area contributed by atoms with E-state index in [0.29, 0.717) is 13.2 Å². The lowest BCUT2D eigenvalue weighted by atomic mass is 10.2. The lowest BCUT2D eigenvalue weighted by Crippen LogP contribution is -1.97. The molecule has 0 fully saturated rings. The summed E-state index contributed by atoms with van der Waals surface area (Å²) in [5, 5.41) is 0. The van der Waals surface area contributed by atoms with E-state index < -0.39 is 0 Å². The minimum absolute atomic E-state index is 0.458. The first-order valence-electron chi connectivity index (χ1n) is 5.72. The molecule has 0 amide bonds. The molecule has 0 saturated carbocycles. The van der Waals surface area contributed by atoms with Gasteiger partial charge in [-0.25, -0.2) is 0 Å². The van der Waals surface area contributed by atoms with E-state index in [2.05, 4.69) is 6.58 Å². The largest absolute Gasteiger partial charge is 0.497 e. The quantitative estimate of drug-likeness (QED) is 0.779. The average molecular weight is 244 g/mol. The van der Waals surface area contributed by atoms with E-state index in [1.54, 1.807) is 13.4 Å². The number of methoxy groups -OCH3 is 1. The van der Waals surface area contributed by atoms with Gasteiger partial charge in [0.1, 0.15) is 11.5 Å². The lowest BCUT2D eigenvalue weighted by Gasteiger charge is -2.06. The molecule has 0 bridgehead atoms. The van der Waals surface area contributed by atoms with E-state index in [9.17, 15) is 0 Å². The molecule has 0 spiro atoms. The predicted octanol–water partition coefficient (Wildman–Crippen LogP) is 3.52. The Labute approximate surface area is 107 Å². The number of hydrogen-bond acceptors (Lipinski definition) is 3. The van der Waals surface area contributed by atoms with Crippen LogP contribution in [0, 0.1) is 0 Å². The SMILES string of the molecule is C=C(COCc1ccc(OC)cc1)c1ccco1. The van der Waals surface area contributed by atoms with E-state index in [4.69, 9.17) is 13.9 Å². The summed E-state index contributed by atoms with van der Waals surface area (Å²) < 4.78 is 15.9. The maximum absolute atomic E-state index is 5.58. The first-order chi connectivity index (χ1) is 8.79. The maximum atomic E-state index is 5.58. The molecule has 1 heterocycles. The third-order valence-electron chi connectivity index (χ3n) is 2.57. The molecule has 0 aliphatic carbocycles. The second kappa shape index (κ2) is 6.07. The van der Waals surface area contributed by atoms with Gasteiger partial charge in [0.2, 0.25) is 0 Å². The van der Waals surface area contributed by atoms with E-state index in [-0.39, 0.29) is 0 Å². The summed E-state index contributed by atoms with van der Waals surface area (Å²) in [5.74, 6) is 1.61. The van der Waals surface area contributed by atoms with Crippen LogP contribution in [0.5, 0.6) is 5.75 Å². The fourth-order valence-electron chi connectivity index (χ4n) is 1.56. The highest BCUT2D eigenvalue weighted by molar-refractivity contribution is 5.59. The van der Waals surface area contributed by atoms with Crippen molar-refractivity contribution in [3.63, 3.8) is 0 Å². The van der Waals surface area contributed by atoms with Crippen molar-refractivity contribution in [3.05, 3.63) is 60.6 Å². The summed E-state index contributed by atoms with van der Waals surface area (Å²) in [5.41, 5.74) is 1.94. The van der Waals surface area contributed by atoms with Gasteiger partial charge in [0.05, 0.1) is 26.6 Å². The zero-order chi connectivity index (χ0) is 12.8. The fourth-order valence-corrected chi connectivity index (χ4v) is 1.56. The molecule has 0 N–H and O–H groups in total. The molecule has 0 atom stereocenters. The third-order valence-corrected chi connectivity index (χ3v) is 2.57. The van der Waals surface area contributed by atoms with Crippen LogP contribution in [-0.2, 0) is 11.3 Å². The molecule has 3 heteroatoms. The molecule has 0 saturated heterocycles. The van der Waals surface area contributed by atoms with Gasteiger partial charge in [-0.05, 0) is 29.8 Å². The molecule has 1 aromatic carbocycles. The summed E-state index contributed by atoms with van der Waals surface area (Å²) >= 11 is 0. The van der Waals surface area contributed by atoms with E-state index in [1.165, 1.54) is 0 Å². The van der Waals surface area contributed by atoms with Crippen LogP contribution in [0.1, 0.15) is 11.3 Å². The normalized spacial score (nSPS) is 10.3. The summed E-state index contributed by atoms with van der Waals surface area (Å²) in [7, 11) is 1.65. The van der Waals surface area contributed by atoms with Crippen molar-refractivity contribution < 1.29 is 13.9 Å². The van der Waals surface area contributed by atoms with Gasteiger partial charge in [-0.15, -0.1) is 0 Å². The monoisotopic (exact) mass is 244 g/mol. The van der Waals surface area contributed by atoms with Crippen LogP contribution in [0.3, 0.4) is 0 Å². The highest BCUT2D eigenvalue weighted by Crippen LogP contribution is 2.15. The Morgan fingerprint density at radius 3 is 2.61 bits per heavy atom. The van der Waals surface area contributed by atoms with Crippen molar-refractivity contribution in [2.24, 2.45) is 0 Å². The molecule has 0 aliphatic rings. The Morgan fingerprint density at radius 1 is 1.22 bits per heavy atom.